The predicted molar refractivity (Wildman–Crippen MR) is 64.4 cm³/mol. The molecular formula is C11H17NO3S. The van der Waals surface area contributed by atoms with Gasteiger partial charge in [0.2, 0.25) is 0 Å². The maximum Gasteiger partial charge on any atom is 0.177 e. The number of anilines is 1. The minimum absolute atomic E-state index is 0.162. The Kier molecular flexibility index (Phi) is 4.76. The topological polar surface area (TPSA) is 66.4 Å². The fraction of sp³-hybridized carbons (Fsp3) is 0.455. The Labute approximate surface area is 96.2 Å². The largest absolute Gasteiger partial charge is 0.396 e. The van der Waals surface area contributed by atoms with E-state index in [-0.39, 0.29) is 6.61 Å². The van der Waals surface area contributed by atoms with E-state index in [1.807, 2.05) is 0 Å². The zero-order chi connectivity index (χ0) is 12.0. The average molecular weight is 243 g/mol. The van der Waals surface area contributed by atoms with E-state index in [1.165, 1.54) is 6.26 Å². The molecule has 1 rings (SSSR count). The summed E-state index contributed by atoms with van der Waals surface area (Å²) < 4.78 is 22.9. The van der Waals surface area contributed by atoms with Gasteiger partial charge in [-0.2, -0.15) is 0 Å². The highest BCUT2D eigenvalue weighted by molar-refractivity contribution is 7.90. The second-order valence-electron chi connectivity index (χ2n) is 3.63. The molecule has 16 heavy (non-hydrogen) atoms. The lowest BCUT2D eigenvalue weighted by atomic mass is 10.3. The summed E-state index contributed by atoms with van der Waals surface area (Å²) in [7, 11) is -3.19. The van der Waals surface area contributed by atoms with Crippen molar-refractivity contribution in [2.45, 2.75) is 17.7 Å². The summed E-state index contributed by atoms with van der Waals surface area (Å²) in [5.41, 5.74) is 0.628. The summed E-state index contributed by atoms with van der Waals surface area (Å²) in [4.78, 5) is 0.319. The Morgan fingerprint density at radius 3 is 2.56 bits per heavy atom. The van der Waals surface area contributed by atoms with Crippen LogP contribution in [0.25, 0.3) is 0 Å². The average Bonchev–Trinajstić information content (AvgIpc) is 2.24. The molecule has 0 aromatic heterocycles. The predicted octanol–water partition coefficient (Wildman–Crippen LogP) is 1.27. The number of sulfone groups is 1. The van der Waals surface area contributed by atoms with E-state index in [2.05, 4.69) is 5.32 Å². The summed E-state index contributed by atoms with van der Waals surface area (Å²) in [6.07, 6.45) is 2.73. The number of aliphatic hydroxyl groups excluding tert-OH is 1. The molecule has 90 valence electrons. The van der Waals surface area contributed by atoms with Gasteiger partial charge in [-0.05, 0) is 25.0 Å². The first kappa shape index (κ1) is 13.0. The number of unbranched alkanes of at least 4 members (excludes halogenated alkanes) is 1. The van der Waals surface area contributed by atoms with Gasteiger partial charge in [0.15, 0.2) is 9.84 Å². The van der Waals surface area contributed by atoms with Gasteiger partial charge < -0.3 is 10.4 Å². The molecule has 1 aromatic rings. The van der Waals surface area contributed by atoms with Crippen molar-refractivity contribution in [3.8, 4) is 0 Å². The molecule has 0 amide bonds. The molecule has 0 saturated carbocycles. The Hall–Kier alpha value is -1.07. The molecule has 0 atom stereocenters. The minimum atomic E-state index is -3.19. The minimum Gasteiger partial charge on any atom is -0.396 e. The Balaban J connectivity index is 2.73. The molecule has 0 saturated heterocycles. The van der Waals surface area contributed by atoms with E-state index in [4.69, 9.17) is 5.11 Å². The Bertz CT molecular complexity index is 429. The summed E-state index contributed by atoms with van der Waals surface area (Å²) in [5.74, 6) is 0. The molecule has 0 heterocycles. The van der Waals surface area contributed by atoms with Crippen LogP contribution in [0.15, 0.2) is 29.2 Å². The number of aliphatic hydroxyl groups is 1. The zero-order valence-electron chi connectivity index (χ0n) is 9.31. The molecule has 0 unspecified atom stereocenters. The molecule has 4 nitrogen and oxygen atoms in total. The fourth-order valence-electron chi connectivity index (χ4n) is 1.40. The first-order chi connectivity index (χ1) is 7.55. The molecule has 2 N–H and O–H groups in total. The number of para-hydroxylation sites is 1. The lowest BCUT2D eigenvalue weighted by molar-refractivity contribution is 0.286. The Morgan fingerprint density at radius 1 is 1.25 bits per heavy atom. The highest BCUT2D eigenvalue weighted by Gasteiger charge is 2.11. The van der Waals surface area contributed by atoms with E-state index in [9.17, 15) is 8.42 Å². The third-order valence-electron chi connectivity index (χ3n) is 2.19. The number of hydrogen-bond acceptors (Lipinski definition) is 4. The van der Waals surface area contributed by atoms with Crippen LogP contribution in [0, 0.1) is 0 Å². The van der Waals surface area contributed by atoms with E-state index >= 15 is 0 Å². The monoisotopic (exact) mass is 243 g/mol. The van der Waals surface area contributed by atoms with Crippen LogP contribution in [-0.4, -0.2) is 32.9 Å². The van der Waals surface area contributed by atoms with E-state index in [0.717, 1.165) is 6.42 Å². The quantitative estimate of drug-likeness (QED) is 0.739. The number of nitrogens with one attached hydrogen (secondary N) is 1. The normalized spacial score (nSPS) is 11.4. The molecule has 0 aliphatic rings. The molecule has 0 aliphatic heterocycles. The highest BCUT2D eigenvalue weighted by Crippen LogP contribution is 2.20. The molecule has 1 aromatic carbocycles. The van der Waals surface area contributed by atoms with Crippen molar-refractivity contribution in [2.75, 3.05) is 24.7 Å². The molecule has 0 fully saturated rings. The van der Waals surface area contributed by atoms with Crippen LogP contribution in [0.3, 0.4) is 0 Å². The zero-order valence-corrected chi connectivity index (χ0v) is 10.1. The third-order valence-corrected chi connectivity index (χ3v) is 3.34. The number of rotatable bonds is 6. The van der Waals surface area contributed by atoms with Crippen LogP contribution in [0.5, 0.6) is 0 Å². The van der Waals surface area contributed by atoms with Crippen LogP contribution >= 0.6 is 0 Å². The lowest BCUT2D eigenvalue weighted by Gasteiger charge is -2.10. The van der Waals surface area contributed by atoms with E-state index < -0.39 is 9.84 Å². The van der Waals surface area contributed by atoms with Gasteiger partial charge in [-0.3, -0.25) is 0 Å². The lowest BCUT2D eigenvalue weighted by Crippen LogP contribution is -2.07. The summed E-state index contributed by atoms with van der Waals surface area (Å²) in [6.45, 7) is 0.822. The van der Waals surface area contributed by atoms with Crippen LogP contribution in [0.1, 0.15) is 12.8 Å². The van der Waals surface area contributed by atoms with Crippen LogP contribution in [0.4, 0.5) is 5.69 Å². The van der Waals surface area contributed by atoms with Gasteiger partial charge >= 0.3 is 0 Å². The van der Waals surface area contributed by atoms with Gasteiger partial charge in [-0.25, -0.2) is 8.42 Å². The van der Waals surface area contributed by atoms with Crippen molar-refractivity contribution >= 4 is 15.5 Å². The fourth-order valence-corrected chi connectivity index (χ4v) is 2.26. The smallest absolute Gasteiger partial charge is 0.177 e. The van der Waals surface area contributed by atoms with Crippen molar-refractivity contribution in [3.05, 3.63) is 24.3 Å². The van der Waals surface area contributed by atoms with Crippen molar-refractivity contribution in [3.63, 3.8) is 0 Å². The number of benzene rings is 1. The molecular weight excluding hydrogens is 226 g/mol. The van der Waals surface area contributed by atoms with E-state index in [1.54, 1.807) is 24.3 Å². The van der Waals surface area contributed by atoms with Gasteiger partial charge in [0.05, 0.1) is 10.6 Å². The molecule has 0 bridgehead atoms. The SMILES string of the molecule is CS(=O)(=O)c1ccccc1NCCCCO. The van der Waals surface area contributed by atoms with Crippen molar-refractivity contribution in [1.82, 2.24) is 0 Å². The maximum absolute atomic E-state index is 11.5. The summed E-state index contributed by atoms with van der Waals surface area (Å²) in [6, 6.07) is 6.83. The van der Waals surface area contributed by atoms with Crippen molar-refractivity contribution in [1.29, 1.82) is 0 Å². The van der Waals surface area contributed by atoms with Gasteiger partial charge in [0.25, 0.3) is 0 Å². The van der Waals surface area contributed by atoms with Crippen molar-refractivity contribution < 1.29 is 13.5 Å². The van der Waals surface area contributed by atoms with Gasteiger partial charge in [0, 0.05) is 19.4 Å². The molecule has 0 radical (unpaired) electrons. The maximum atomic E-state index is 11.5. The first-order valence-electron chi connectivity index (χ1n) is 5.19. The second-order valence-corrected chi connectivity index (χ2v) is 5.61. The first-order valence-corrected chi connectivity index (χ1v) is 7.08. The van der Waals surface area contributed by atoms with Crippen LogP contribution < -0.4 is 5.32 Å². The standard InChI is InChI=1S/C11H17NO3S/c1-16(14,15)11-7-3-2-6-10(11)12-8-4-5-9-13/h2-3,6-7,12-13H,4-5,8-9H2,1H3. The molecule has 0 spiro atoms. The van der Waals surface area contributed by atoms with Crippen molar-refractivity contribution in [2.24, 2.45) is 0 Å². The van der Waals surface area contributed by atoms with Crippen LogP contribution in [0.2, 0.25) is 0 Å². The molecule has 5 heteroatoms. The number of hydrogen-bond donors (Lipinski definition) is 2. The van der Waals surface area contributed by atoms with E-state index in [0.29, 0.717) is 23.5 Å². The Morgan fingerprint density at radius 2 is 1.94 bits per heavy atom. The van der Waals surface area contributed by atoms with Gasteiger partial charge in [-0.15, -0.1) is 0 Å². The highest BCUT2D eigenvalue weighted by atomic mass is 32.2. The summed E-state index contributed by atoms with van der Waals surface area (Å²) >= 11 is 0. The third kappa shape index (κ3) is 3.83. The van der Waals surface area contributed by atoms with Crippen LogP contribution in [-0.2, 0) is 9.84 Å². The second kappa shape index (κ2) is 5.86. The molecule has 0 aliphatic carbocycles. The van der Waals surface area contributed by atoms with Gasteiger partial charge in [0.1, 0.15) is 0 Å². The van der Waals surface area contributed by atoms with Gasteiger partial charge in [-0.1, -0.05) is 12.1 Å². The summed E-state index contributed by atoms with van der Waals surface area (Å²) in [5, 5.41) is 11.7.